The fourth-order valence-electron chi connectivity index (χ4n) is 2.02. The molecule has 0 aliphatic carbocycles. The molecular formula is C16H14BrNO3S. The number of carbonyl (C=O) groups is 1. The molecule has 4 nitrogen and oxygen atoms in total. The van der Waals surface area contributed by atoms with Crippen LogP contribution in [0.25, 0.3) is 0 Å². The molecule has 2 aromatic carbocycles. The van der Waals surface area contributed by atoms with E-state index in [0.717, 1.165) is 20.8 Å². The second-order valence-electron chi connectivity index (χ2n) is 4.67. The van der Waals surface area contributed by atoms with E-state index >= 15 is 0 Å². The highest BCUT2D eigenvalue weighted by molar-refractivity contribution is 9.10. The number of anilines is 1. The smallest absolute Gasteiger partial charge is 0.231 e. The van der Waals surface area contributed by atoms with Crippen LogP contribution in [0.1, 0.15) is 6.42 Å². The third kappa shape index (κ3) is 3.96. The number of nitrogens with one attached hydrogen (secondary N) is 1. The van der Waals surface area contributed by atoms with Gasteiger partial charge in [0.1, 0.15) is 0 Å². The summed E-state index contributed by atoms with van der Waals surface area (Å²) in [7, 11) is 0. The Bertz CT molecular complexity index is 693. The second kappa shape index (κ2) is 7.07. The van der Waals surface area contributed by atoms with Crippen LogP contribution >= 0.6 is 27.7 Å². The van der Waals surface area contributed by atoms with Gasteiger partial charge >= 0.3 is 0 Å². The largest absolute Gasteiger partial charge is 0.454 e. The summed E-state index contributed by atoms with van der Waals surface area (Å²) in [6.45, 7) is 0.232. The van der Waals surface area contributed by atoms with Gasteiger partial charge in [-0.3, -0.25) is 4.79 Å². The first-order valence-electron chi connectivity index (χ1n) is 6.78. The summed E-state index contributed by atoms with van der Waals surface area (Å²) in [5, 5.41) is 2.87. The van der Waals surface area contributed by atoms with Gasteiger partial charge in [0.05, 0.1) is 0 Å². The molecule has 2 aromatic rings. The van der Waals surface area contributed by atoms with Crippen molar-refractivity contribution in [1.29, 1.82) is 0 Å². The van der Waals surface area contributed by atoms with Crippen molar-refractivity contribution in [1.82, 2.24) is 0 Å². The summed E-state index contributed by atoms with van der Waals surface area (Å²) in [5.41, 5.74) is 0.724. The minimum Gasteiger partial charge on any atom is -0.454 e. The molecule has 0 aromatic heterocycles. The van der Waals surface area contributed by atoms with E-state index in [9.17, 15) is 4.79 Å². The molecule has 1 N–H and O–H groups in total. The molecule has 0 unspecified atom stereocenters. The van der Waals surface area contributed by atoms with Crippen molar-refractivity contribution in [3.8, 4) is 11.5 Å². The van der Waals surface area contributed by atoms with Crippen molar-refractivity contribution >= 4 is 39.3 Å². The first kappa shape index (κ1) is 15.2. The first-order valence-corrected chi connectivity index (χ1v) is 8.56. The minimum atomic E-state index is -0.0126. The molecule has 22 heavy (non-hydrogen) atoms. The third-order valence-corrected chi connectivity index (χ3v) is 4.54. The molecule has 0 spiro atoms. The summed E-state index contributed by atoms with van der Waals surface area (Å²) < 4.78 is 11.6. The van der Waals surface area contributed by atoms with Crippen LogP contribution in [0.4, 0.5) is 5.69 Å². The van der Waals surface area contributed by atoms with Gasteiger partial charge in [0.15, 0.2) is 11.5 Å². The molecule has 1 aliphatic rings. The number of rotatable bonds is 5. The maximum atomic E-state index is 12.0. The van der Waals surface area contributed by atoms with Crippen LogP contribution in [-0.4, -0.2) is 18.5 Å². The summed E-state index contributed by atoms with van der Waals surface area (Å²) in [5.74, 6) is 2.10. The normalized spacial score (nSPS) is 12.2. The van der Waals surface area contributed by atoms with Crippen LogP contribution < -0.4 is 14.8 Å². The standard InChI is InChI=1S/C16H14BrNO3S/c17-11-2-1-3-13(8-11)22-7-6-16(19)18-12-4-5-14-15(9-12)21-10-20-14/h1-5,8-9H,6-7,10H2,(H,18,19). The number of thioether (sulfide) groups is 1. The summed E-state index contributed by atoms with van der Waals surface area (Å²) >= 11 is 5.10. The van der Waals surface area contributed by atoms with E-state index < -0.39 is 0 Å². The lowest BCUT2D eigenvalue weighted by Gasteiger charge is -2.06. The van der Waals surface area contributed by atoms with Gasteiger partial charge < -0.3 is 14.8 Å². The van der Waals surface area contributed by atoms with Crippen molar-refractivity contribution in [3.05, 3.63) is 46.9 Å². The van der Waals surface area contributed by atoms with Crippen LogP contribution in [0.5, 0.6) is 11.5 Å². The van der Waals surface area contributed by atoms with E-state index in [1.807, 2.05) is 30.3 Å². The Hall–Kier alpha value is -1.66. The lowest BCUT2D eigenvalue weighted by molar-refractivity contribution is -0.115. The molecule has 0 saturated carbocycles. The lowest BCUT2D eigenvalue weighted by Crippen LogP contribution is -2.12. The fourth-order valence-corrected chi connectivity index (χ4v) is 3.48. The van der Waals surface area contributed by atoms with E-state index in [1.54, 1.807) is 23.9 Å². The molecule has 1 amide bonds. The Morgan fingerprint density at radius 1 is 1.18 bits per heavy atom. The average Bonchev–Trinajstić information content (AvgIpc) is 2.95. The molecule has 0 fully saturated rings. The number of halogens is 1. The van der Waals surface area contributed by atoms with E-state index in [-0.39, 0.29) is 12.7 Å². The second-order valence-corrected chi connectivity index (χ2v) is 6.76. The van der Waals surface area contributed by atoms with Crippen LogP contribution in [0, 0.1) is 0 Å². The molecule has 6 heteroatoms. The quantitative estimate of drug-likeness (QED) is 0.786. The van der Waals surface area contributed by atoms with Gasteiger partial charge in [0.25, 0.3) is 0 Å². The molecule has 1 heterocycles. The van der Waals surface area contributed by atoms with Crippen molar-refractivity contribution in [2.24, 2.45) is 0 Å². The van der Waals surface area contributed by atoms with Crippen LogP contribution in [0.15, 0.2) is 51.8 Å². The van der Waals surface area contributed by atoms with Gasteiger partial charge in [-0.2, -0.15) is 0 Å². The Labute approximate surface area is 141 Å². The molecule has 0 saturated heterocycles. The Morgan fingerprint density at radius 3 is 2.91 bits per heavy atom. The van der Waals surface area contributed by atoms with Crippen molar-refractivity contribution in [3.63, 3.8) is 0 Å². The highest BCUT2D eigenvalue weighted by atomic mass is 79.9. The van der Waals surface area contributed by atoms with E-state index in [2.05, 4.69) is 21.2 Å². The predicted octanol–water partition coefficient (Wildman–Crippen LogP) is 4.30. The third-order valence-electron chi connectivity index (χ3n) is 3.05. The zero-order chi connectivity index (χ0) is 15.4. The Morgan fingerprint density at radius 2 is 2.05 bits per heavy atom. The molecule has 1 aliphatic heterocycles. The van der Waals surface area contributed by atoms with E-state index in [1.165, 1.54) is 0 Å². The topological polar surface area (TPSA) is 47.6 Å². The summed E-state index contributed by atoms with van der Waals surface area (Å²) in [4.78, 5) is 13.1. The van der Waals surface area contributed by atoms with Crippen molar-refractivity contribution in [2.45, 2.75) is 11.3 Å². The number of fused-ring (bicyclic) bond motifs is 1. The molecular weight excluding hydrogens is 366 g/mol. The Balaban J connectivity index is 1.48. The zero-order valence-corrected chi connectivity index (χ0v) is 14.1. The number of ether oxygens (including phenoxy) is 2. The van der Waals surface area contributed by atoms with Crippen molar-refractivity contribution in [2.75, 3.05) is 17.9 Å². The maximum Gasteiger partial charge on any atom is 0.231 e. The first-order chi connectivity index (χ1) is 10.7. The zero-order valence-electron chi connectivity index (χ0n) is 11.7. The molecule has 114 valence electrons. The van der Waals surface area contributed by atoms with Gasteiger partial charge in [0, 0.05) is 33.3 Å². The van der Waals surface area contributed by atoms with Gasteiger partial charge in [-0.25, -0.2) is 0 Å². The number of amides is 1. The van der Waals surface area contributed by atoms with Crippen molar-refractivity contribution < 1.29 is 14.3 Å². The highest BCUT2D eigenvalue weighted by Crippen LogP contribution is 2.34. The number of hydrogen-bond donors (Lipinski definition) is 1. The predicted molar refractivity (Wildman–Crippen MR) is 90.7 cm³/mol. The maximum absolute atomic E-state index is 12.0. The number of hydrogen-bond acceptors (Lipinski definition) is 4. The number of benzene rings is 2. The van der Waals surface area contributed by atoms with E-state index in [0.29, 0.717) is 17.9 Å². The molecule has 0 bridgehead atoms. The number of carbonyl (C=O) groups excluding carboxylic acids is 1. The fraction of sp³-hybridized carbons (Fsp3) is 0.188. The monoisotopic (exact) mass is 379 g/mol. The summed E-state index contributed by atoms with van der Waals surface area (Å²) in [6, 6.07) is 13.4. The minimum absolute atomic E-state index is 0.0126. The molecule has 3 rings (SSSR count). The SMILES string of the molecule is O=C(CCSc1cccc(Br)c1)Nc1ccc2c(c1)OCO2. The Kier molecular flexibility index (Phi) is 4.90. The van der Waals surface area contributed by atoms with Gasteiger partial charge in [0.2, 0.25) is 12.7 Å². The van der Waals surface area contributed by atoms with Gasteiger partial charge in [-0.05, 0) is 30.3 Å². The van der Waals surface area contributed by atoms with Crippen LogP contribution in [-0.2, 0) is 4.79 Å². The van der Waals surface area contributed by atoms with Crippen LogP contribution in [0.3, 0.4) is 0 Å². The molecule has 0 radical (unpaired) electrons. The lowest BCUT2D eigenvalue weighted by atomic mass is 10.2. The average molecular weight is 380 g/mol. The summed E-state index contributed by atoms with van der Waals surface area (Å²) in [6.07, 6.45) is 0.450. The molecule has 0 atom stereocenters. The van der Waals surface area contributed by atoms with Crippen LogP contribution in [0.2, 0.25) is 0 Å². The van der Waals surface area contributed by atoms with Gasteiger partial charge in [-0.1, -0.05) is 22.0 Å². The van der Waals surface area contributed by atoms with E-state index in [4.69, 9.17) is 9.47 Å². The van der Waals surface area contributed by atoms with Gasteiger partial charge in [-0.15, -0.1) is 11.8 Å². The highest BCUT2D eigenvalue weighted by Gasteiger charge is 2.14.